The number of amides is 1. The molecule has 0 saturated carbocycles. The molecule has 2 aromatic rings. The molecule has 0 fully saturated rings. The molecular weight excluding hydrogens is 200 g/mol. The standard InChI is InChI=1S/C13H14N2O/c1-2-14-15-13(16)12-8-7-10-5-3-4-6-11(10)9-12/h3-9,14H,2H2,1H3,(H,15,16). The molecule has 0 unspecified atom stereocenters. The summed E-state index contributed by atoms with van der Waals surface area (Å²) < 4.78 is 0. The van der Waals surface area contributed by atoms with E-state index in [1.165, 1.54) is 0 Å². The molecule has 0 aliphatic carbocycles. The van der Waals surface area contributed by atoms with E-state index in [0.717, 1.165) is 10.8 Å². The highest BCUT2D eigenvalue weighted by Gasteiger charge is 2.04. The van der Waals surface area contributed by atoms with Crippen LogP contribution in [0.25, 0.3) is 10.8 Å². The molecule has 0 radical (unpaired) electrons. The van der Waals surface area contributed by atoms with Gasteiger partial charge in [0.15, 0.2) is 0 Å². The molecule has 0 aliphatic heterocycles. The predicted molar refractivity (Wildman–Crippen MR) is 65.1 cm³/mol. The maximum Gasteiger partial charge on any atom is 0.265 e. The minimum atomic E-state index is -0.104. The molecule has 3 nitrogen and oxygen atoms in total. The van der Waals surface area contributed by atoms with Gasteiger partial charge in [-0.15, -0.1) is 0 Å². The summed E-state index contributed by atoms with van der Waals surface area (Å²) in [6, 6.07) is 13.7. The van der Waals surface area contributed by atoms with Gasteiger partial charge in [-0.3, -0.25) is 10.2 Å². The van der Waals surface area contributed by atoms with Crippen molar-refractivity contribution in [3.05, 3.63) is 48.0 Å². The number of benzene rings is 2. The first-order valence-corrected chi connectivity index (χ1v) is 5.33. The summed E-state index contributed by atoms with van der Waals surface area (Å²) in [5, 5.41) is 2.22. The largest absolute Gasteiger partial charge is 0.287 e. The molecule has 0 heterocycles. The van der Waals surface area contributed by atoms with Gasteiger partial charge in [0.05, 0.1) is 0 Å². The number of carbonyl (C=O) groups is 1. The molecule has 1 amide bonds. The zero-order chi connectivity index (χ0) is 11.4. The number of rotatable bonds is 3. The Hall–Kier alpha value is -1.87. The summed E-state index contributed by atoms with van der Waals surface area (Å²) in [6.45, 7) is 2.64. The third-order valence-electron chi connectivity index (χ3n) is 2.39. The third kappa shape index (κ3) is 2.20. The van der Waals surface area contributed by atoms with Gasteiger partial charge in [0.1, 0.15) is 0 Å². The fourth-order valence-corrected chi connectivity index (χ4v) is 1.57. The number of nitrogens with one attached hydrogen (secondary N) is 2. The van der Waals surface area contributed by atoms with Crippen LogP contribution in [0, 0.1) is 0 Å². The highest BCUT2D eigenvalue weighted by atomic mass is 16.2. The van der Waals surface area contributed by atoms with Crippen LogP contribution in [-0.2, 0) is 0 Å². The van der Waals surface area contributed by atoms with E-state index in [1.54, 1.807) is 0 Å². The molecule has 0 aromatic heterocycles. The van der Waals surface area contributed by atoms with E-state index in [0.29, 0.717) is 12.1 Å². The Morgan fingerprint density at radius 1 is 1.12 bits per heavy atom. The second kappa shape index (κ2) is 4.77. The van der Waals surface area contributed by atoms with Crippen molar-refractivity contribution >= 4 is 16.7 Å². The van der Waals surface area contributed by atoms with Crippen LogP contribution in [0.1, 0.15) is 17.3 Å². The molecule has 16 heavy (non-hydrogen) atoms. The molecular formula is C13H14N2O. The van der Waals surface area contributed by atoms with Gasteiger partial charge in [-0.05, 0) is 22.9 Å². The average molecular weight is 214 g/mol. The predicted octanol–water partition coefficient (Wildman–Crippen LogP) is 2.09. The van der Waals surface area contributed by atoms with Crippen molar-refractivity contribution in [1.29, 1.82) is 0 Å². The van der Waals surface area contributed by atoms with Gasteiger partial charge in [-0.25, -0.2) is 5.43 Å². The maximum atomic E-state index is 11.7. The van der Waals surface area contributed by atoms with Gasteiger partial charge in [-0.1, -0.05) is 37.3 Å². The van der Waals surface area contributed by atoms with E-state index in [9.17, 15) is 4.79 Å². The number of hydrazine groups is 1. The first kappa shape index (κ1) is 10.6. The van der Waals surface area contributed by atoms with Crippen molar-refractivity contribution in [3.8, 4) is 0 Å². The Balaban J connectivity index is 2.28. The number of carbonyl (C=O) groups excluding carboxylic acids is 1. The van der Waals surface area contributed by atoms with Gasteiger partial charge in [0.2, 0.25) is 0 Å². The topological polar surface area (TPSA) is 41.1 Å². The third-order valence-corrected chi connectivity index (χ3v) is 2.39. The van der Waals surface area contributed by atoms with Crippen LogP contribution in [0.5, 0.6) is 0 Å². The highest BCUT2D eigenvalue weighted by molar-refractivity contribution is 5.98. The fourth-order valence-electron chi connectivity index (χ4n) is 1.57. The van der Waals surface area contributed by atoms with Crippen LogP contribution in [0.3, 0.4) is 0 Å². The van der Waals surface area contributed by atoms with Crippen LogP contribution in [0.4, 0.5) is 0 Å². The Morgan fingerprint density at radius 2 is 1.88 bits per heavy atom. The molecule has 2 N–H and O–H groups in total. The SMILES string of the molecule is CCNNC(=O)c1ccc2ccccc2c1. The first-order chi connectivity index (χ1) is 7.81. The first-order valence-electron chi connectivity index (χ1n) is 5.33. The molecule has 0 saturated heterocycles. The Kier molecular flexibility index (Phi) is 3.17. The lowest BCUT2D eigenvalue weighted by molar-refractivity contribution is 0.0934. The number of hydrogen-bond donors (Lipinski definition) is 2. The quantitative estimate of drug-likeness (QED) is 0.768. The van der Waals surface area contributed by atoms with Gasteiger partial charge in [0.25, 0.3) is 5.91 Å². The zero-order valence-corrected chi connectivity index (χ0v) is 9.16. The normalized spacial score (nSPS) is 10.3. The van der Waals surface area contributed by atoms with E-state index in [4.69, 9.17) is 0 Å². The van der Waals surface area contributed by atoms with E-state index in [2.05, 4.69) is 10.9 Å². The highest BCUT2D eigenvalue weighted by Crippen LogP contribution is 2.15. The smallest absolute Gasteiger partial charge is 0.265 e. The molecule has 2 rings (SSSR count). The van der Waals surface area contributed by atoms with Crippen LogP contribution < -0.4 is 10.9 Å². The molecule has 0 spiro atoms. The van der Waals surface area contributed by atoms with E-state index in [1.807, 2.05) is 49.4 Å². The monoisotopic (exact) mass is 214 g/mol. The summed E-state index contributed by atoms with van der Waals surface area (Å²) in [5.74, 6) is -0.104. The summed E-state index contributed by atoms with van der Waals surface area (Å²) in [5.41, 5.74) is 6.09. The molecule has 0 atom stereocenters. The summed E-state index contributed by atoms with van der Waals surface area (Å²) in [6.07, 6.45) is 0. The van der Waals surface area contributed by atoms with Crippen molar-refractivity contribution in [2.45, 2.75) is 6.92 Å². The molecule has 3 heteroatoms. The second-order valence-corrected chi connectivity index (χ2v) is 3.55. The lowest BCUT2D eigenvalue weighted by Gasteiger charge is -2.05. The minimum Gasteiger partial charge on any atom is -0.287 e. The molecule has 2 aromatic carbocycles. The van der Waals surface area contributed by atoms with Gasteiger partial charge in [0, 0.05) is 12.1 Å². The van der Waals surface area contributed by atoms with Gasteiger partial charge < -0.3 is 0 Å². The van der Waals surface area contributed by atoms with Crippen molar-refractivity contribution in [2.75, 3.05) is 6.54 Å². The van der Waals surface area contributed by atoms with Crippen molar-refractivity contribution in [3.63, 3.8) is 0 Å². The maximum absolute atomic E-state index is 11.7. The van der Waals surface area contributed by atoms with Crippen LogP contribution in [-0.4, -0.2) is 12.5 Å². The zero-order valence-electron chi connectivity index (χ0n) is 9.16. The van der Waals surface area contributed by atoms with E-state index < -0.39 is 0 Å². The van der Waals surface area contributed by atoms with Crippen molar-refractivity contribution in [1.82, 2.24) is 10.9 Å². The van der Waals surface area contributed by atoms with Crippen LogP contribution >= 0.6 is 0 Å². The van der Waals surface area contributed by atoms with Crippen molar-refractivity contribution < 1.29 is 4.79 Å². The minimum absolute atomic E-state index is 0.104. The Morgan fingerprint density at radius 3 is 2.62 bits per heavy atom. The summed E-state index contributed by atoms with van der Waals surface area (Å²) in [7, 11) is 0. The lowest BCUT2D eigenvalue weighted by Crippen LogP contribution is -2.36. The van der Waals surface area contributed by atoms with E-state index >= 15 is 0 Å². The van der Waals surface area contributed by atoms with Gasteiger partial charge in [-0.2, -0.15) is 0 Å². The number of hydrogen-bond acceptors (Lipinski definition) is 2. The average Bonchev–Trinajstić information content (AvgIpc) is 2.35. The summed E-state index contributed by atoms with van der Waals surface area (Å²) in [4.78, 5) is 11.7. The molecule has 82 valence electrons. The van der Waals surface area contributed by atoms with Gasteiger partial charge >= 0.3 is 0 Å². The van der Waals surface area contributed by atoms with Crippen LogP contribution in [0.2, 0.25) is 0 Å². The second-order valence-electron chi connectivity index (χ2n) is 3.55. The lowest BCUT2D eigenvalue weighted by atomic mass is 10.1. The fraction of sp³-hybridized carbons (Fsp3) is 0.154. The van der Waals surface area contributed by atoms with E-state index in [-0.39, 0.29) is 5.91 Å². The Bertz CT molecular complexity index is 508. The summed E-state index contributed by atoms with van der Waals surface area (Å²) >= 11 is 0. The molecule has 0 bridgehead atoms. The molecule has 0 aliphatic rings. The Labute approximate surface area is 94.4 Å². The van der Waals surface area contributed by atoms with Crippen molar-refractivity contribution in [2.24, 2.45) is 0 Å². The van der Waals surface area contributed by atoms with Crippen LogP contribution in [0.15, 0.2) is 42.5 Å². The number of fused-ring (bicyclic) bond motifs is 1.